The Bertz CT molecular complexity index is 462. The molecule has 2 bridgehead atoms. The number of thiophene rings is 1. The number of carbonyl (C=O) groups excluding carboxylic acids is 1. The molecule has 1 amide bonds. The van der Waals surface area contributed by atoms with Crippen molar-refractivity contribution in [2.75, 3.05) is 6.54 Å². The van der Waals surface area contributed by atoms with Crippen LogP contribution in [0.15, 0.2) is 16.8 Å². The number of ether oxygens (including phenoxy) is 1. The zero-order valence-corrected chi connectivity index (χ0v) is 10.9. The highest BCUT2D eigenvalue weighted by atomic mass is 32.1. The fraction of sp³-hybridized carbons (Fsp3) is 0.615. The Hall–Kier alpha value is -0.910. The average Bonchev–Trinajstić information content (AvgIpc) is 3.12. The molecule has 3 aliphatic rings. The molecule has 0 aliphatic carbocycles. The largest absolute Gasteiger partial charge is 0.373 e. The maximum atomic E-state index is 12.2. The zero-order chi connectivity index (χ0) is 12.1. The number of carbonyl (C=O) groups is 1. The first-order valence-electron chi connectivity index (χ1n) is 6.55. The van der Waals surface area contributed by atoms with E-state index in [1.54, 1.807) is 11.3 Å². The second-order valence-corrected chi connectivity index (χ2v) is 6.10. The van der Waals surface area contributed by atoms with Gasteiger partial charge in [-0.1, -0.05) is 0 Å². The number of nitrogens with zero attached hydrogens (tertiary/aromatic N) is 1. The molecule has 4 rings (SSSR count). The number of rotatable bonds is 2. The summed E-state index contributed by atoms with van der Waals surface area (Å²) < 4.78 is 5.89. The molecule has 3 saturated heterocycles. The molecule has 1 N–H and O–H groups in total. The van der Waals surface area contributed by atoms with Crippen LogP contribution in [0.1, 0.15) is 31.0 Å². The van der Waals surface area contributed by atoms with Gasteiger partial charge < -0.3 is 9.64 Å². The van der Waals surface area contributed by atoms with E-state index in [9.17, 15) is 4.79 Å². The van der Waals surface area contributed by atoms with E-state index in [2.05, 4.69) is 22.1 Å². The number of hydrogen-bond acceptors (Lipinski definition) is 4. The molecule has 1 aromatic heterocycles. The summed E-state index contributed by atoms with van der Waals surface area (Å²) in [7, 11) is 0. The van der Waals surface area contributed by atoms with E-state index in [1.165, 1.54) is 12.0 Å². The second kappa shape index (κ2) is 4.05. The van der Waals surface area contributed by atoms with Crippen molar-refractivity contribution in [1.29, 1.82) is 0 Å². The highest BCUT2D eigenvalue weighted by Crippen LogP contribution is 2.40. The van der Waals surface area contributed by atoms with Gasteiger partial charge in [-0.3, -0.25) is 10.1 Å². The summed E-state index contributed by atoms with van der Waals surface area (Å²) in [4.78, 5) is 14.2. The molecule has 3 fully saturated rings. The Morgan fingerprint density at radius 1 is 1.44 bits per heavy atom. The predicted octanol–water partition coefficient (Wildman–Crippen LogP) is 1.50. The van der Waals surface area contributed by atoms with Gasteiger partial charge in [0.05, 0.1) is 24.8 Å². The molecule has 1 aromatic rings. The molecule has 0 radical (unpaired) electrons. The first kappa shape index (κ1) is 11.0. The molecule has 18 heavy (non-hydrogen) atoms. The van der Waals surface area contributed by atoms with Gasteiger partial charge in [-0.05, 0) is 41.7 Å². The number of hydrogen-bond donors (Lipinski definition) is 1. The summed E-state index contributed by atoms with van der Waals surface area (Å²) in [5.41, 5.74) is 1.20. The van der Waals surface area contributed by atoms with Crippen molar-refractivity contribution in [3.8, 4) is 0 Å². The predicted molar refractivity (Wildman–Crippen MR) is 68.2 cm³/mol. The van der Waals surface area contributed by atoms with E-state index in [1.807, 2.05) is 4.90 Å². The Balaban J connectivity index is 1.63. The van der Waals surface area contributed by atoms with Crippen LogP contribution in [-0.4, -0.2) is 35.6 Å². The molecule has 3 aliphatic heterocycles. The summed E-state index contributed by atoms with van der Waals surface area (Å²) >= 11 is 1.68. The third kappa shape index (κ3) is 1.54. The molecule has 4 atom stereocenters. The maximum Gasteiger partial charge on any atom is 0.238 e. The summed E-state index contributed by atoms with van der Waals surface area (Å²) in [6.07, 6.45) is 3.99. The van der Waals surface area contributed by atoms with Gasteiger partial charge in [0.1, 0.15) is 6.17 Å². The van der Waals surface area contributed by atoms with Crippen molar-refractivity contribution >= 4 is 17.2 Å². The fourth-order valence-corrected chi connectivity index (χ4v) is 4.19. The monoisotopic (exact) mass is 264 g/mol. The van der Waals surface area contributed by atoms with E-state index in [0.717, 1.165) is 12.8 Å². The third-order valence-corrected chi connectivity index (χ3v) is 5.00. The van der Waals surface area contributed by atoms with E-state index >= 15 is 0 Å². The molecule has 4 unspecified atom stereocenters. The Morgan fingerprint density at radius 2 is 2.39 bits per heavy atom. The Morgan fingerprint density at radius 3 is 3.06 bits per heavy atom. The summed E-state index contributed by atoms with van der Waals surface area (Å²) in [5.74, 6) is 0.215. The molecule has 96 valence electrons. The number of nitrogens with one attached hydrogen (secondary N) is 1. The molecule has 5 heteroatoms. The van der Waals surface area contributed by atoms with Crippen LogP contribution in [0.5, 0.6) is 0 Å². The topological polar surface area (TPSA) is 41.6 Å². The first-order chi connectivity index (χ1) is 8.83. The van der Waals surface area contributed by atoms with Crippen molar-refractivity contribution in [2.45, 2.75) is 43.7 Å². The summed E-state index contributed by atoms with van der Waals surface area (Å²) in [6.45, 7) is 0.453. The Kier molecular flexibility index (Phi) is 2.46. The van der Waals surface area contributed by atoms with Gasteiger partial charge in [0.15, 0.2) is 0 Å². The van der Waals surface area contributed by atoms with Gasteiger partial charge in [0.25, 0.3) is 0 Å². The zero-order valence-electron chi connectivity index (χ0n) is 10.0. The van der Waals surface area contributed by atoms with E-state index in [-0.39, 0.29) is 24.2 Å². The first-order valence-corrected chi connectivity index (χ1v) is 7.49. The van der Waals surface area contributed by atoms with Crippen molar-refractivity contribution in [3.05, 3.63) is 22.4 Å². The second-order valence-electron chi connectivity index (χ2n) is 5.32. The average molecular weight is 264 g/mol. The number of amides is 1. The standard InChI is InChI=1S/C13H16N2O2S/c16-12-6-14-13(8-3-4-18-7-8)15(12)10-5-9-1-2-11(10)17-9/h3-4,7,9-11,13-14H,1-2,5-6H2. The normalized spacial score (nSPS) is 38.9. The fourth-order valence-electron chi connectivity index (χ4n) is 3.51. The van der Waals surface area contributed by atoms with Gasteiger partial charge in [-0.2, -0.15) is 11.3 Å². The van der Waals surface area contributed by atoms with Crippen molar-refractivity contribution < 1.29 is 9.53 Å². The van der Waals surface area contributed by atoms with Gasteiger partial charge >= 0.3 is 0 Å². The van der Waals surface area contributed by atoms with Gasteiger partial charge in [-0.25, -0.2) is 0 Å². The SMILES string of the molecule is O=C1CNC(c2ccsc2)N1C1CC2CCC1O2. The van der Waals surface area contributed by atoms with Crippen molar-refractivity contribution in [1.82, 2.24) is 10.2 Å². The quantitative estimate of drug-likeness (QED) is 0.880. The van der Waals surface area contributed by atoms with Crippen molar-refractivity contribution in [3.63, 3.8) is 0 Å². The molecule has 0 spiro atoms. The van der Waals surface area contributed by atoms with Crippen LogP contribution in [-0.2, 0) is 9.53 Å². The Labute approximate surface area is 110 Å². The molecule has 4 nitrogen and oxygen atoms in total. The summed E-state index contributed by atoms with van der Waals surface area (Å²) in [5, 5.41) is 7.51. The highest BCUT2D eigenvalue weighted by Gasteiger charge is 2.48. The van der Waals surface area contributed by atoms with E-state index in [0.29, 0.717) is 12.6 Å². The number of fused-ring (bicyclic) bond motifs is 2. The lowest BCUT2D eigenvalue weighted by atomic mass is 9.93. The molecule has 4 heterocycles. The minimum absolute atomic E-state index is 0.0525. The van der Waals surface area contributed by atoms with Gasteiger partial charge in [0.2, 0.25) is 5.91 Å². The minimum Gasteiger partial charge on any atom is -0.373 e. The highest BCUT2D eigenvalue weighted by molar-refractivity contribution is 7.07. The lowest BCUT2D eigenvalue weighted by molar-refractivity contribution is -0.131. The minimum atomic E-state index is 0.0525. The lowest BCUT2D eigenvalue weighted by Gasteiger charge is -2.33. The van der Waals surface area contributed by atoms with Crippen LogP contribution in [0.3, 0.4) is 0 Å². The maximum absolute atomic E-state index is 12.2. The smallest absolute Gasteiger partial charge is 0.238 e. The van der Waals surface area contributed by atoms with Crippen molar-refractivity contribution in [2.24, 2.45) is 0 Å². The van der Waals surface area contributed by atoms with Crippen LogP contribution >= 0.6 is 11.3 Å². The van der Waals surface area contributed by atoms with Gasteiger partial charge in [0, 0.05) is 0 Å². The van der Waals surface area contributed by atoms with Gasteiger partial charge in [-0.15, -0.1) is 0 Å². The van der Waals surface area contributed by atoms with Crippen LogP contribution in [0.2, 0.25) is 0 Å². The molecule has 0 saturated carbocycles. The molecular weight excluding hydrogens is 248 g/mol. The lowest BCUT2D eigenvalue weighted by Crippen LogP contribution is -2.44. The van der Waals surface area contributed by atoms with Crippen LogP contribution < -0.4 is 5.32 Å². The van der Waals surface area contributed by atoms with E-state index < -0.39 is 0 Å². The summed E-state index contributed by atoms with van der Waals surface area (Å²) in [6, 6.07) is 2.37. The third-order valence-electron chi connectivity index (χ3n) is 4.30. The van der Waals surface area contributed by atoms with Crippen LogP contribution in [0.25, 0.3) is 0 Å². The molecular formula is C13H16N2O2S. The van der Waals surface area contributed by atoms with Crippen LogP contribution in [0, 0.1) is 0 Å². The van der Waals surface area contributed by atoms with E-state index in [4.69, 9.17) is 4.74 Å². The van der Waals surface area contributed by atoms with Crippen LogP contribution in [0.4, 0.5) is 0 Å². The molecule has 0 aromatic carbocycles.